The van der Waals surface area contributed by atoms with Gasteiger partial charge in [-0.1, -0.05) is 11.3 Å². The number of nitrogens with zero attached hydrogens (tertiary/aromatic N) is 4. The Morgan fingerprint density at radius 2 is 2.04 bits per heavy atom. The number of hydrogen-bond donors (Lipinski definition) is 1. The van der Waals surface area contributed by atoms with Crippen molar-refractivity contribution in [3.05, 3.63) is 42.2 Å². The summed E-state index contributed by atoms with van der Waals surface area (Å²) >= 11 is 1.31. The van der Waals surface area contributed by atoms with Crippen molar-refractivity contribution in [1.29, 1.82) is 0 Å². The van der Waals surface area contributed by atoms with Crippen LogP contribution in [0.5, 0.6) is 5.75 Å². The summed E-state index contributed by atoms with van der Waals surface area (Å²) in [5.74, 6) is 0.480. The van der Waals surface area contributed by atoms with E-state index in [1.54, 1.807) is 24.1 Å². The van der Waals surface area contributed by atoms with Crippen LogP contribution < -0.4 is 10.1 Å². The zero-order chi connectivity index (χ0) is 16.2. The van der Waals surface area contributed by atoms with Crippen molar-refractivity contribution in [1.82, 2.24) is 20.0 Å². The fourth-order valence-electron chi connectivity index (χ4n) is 1.94. The zero-order valence-electron chi connectivity index (χ0n) is 12.7. The third-order valence-corrected chi connectivity index (χ3v) is 4.07. The molecular weight excluding hydrogens is 314 g/mol. The minimum atomic E-state index is -0.297. The van der Waals surface area contributed by atoms with E-state index in [1.807, 2.05) is 31.2 Å². The molecule has 23 heavy (non-hydrogen) atoms. The SMILES string of the molecule is CCn1ccc(C(=O)Nc2nnc(-c3ccc(OC)cc3)s2)n1. The van der Waals surface area contributed by atoms with Gasteiger partial charge in [-0.2, -0.15) is 5.10 Å². The summed E-state index contributed by atoms with van der Waals surface area (Å²) in [6.07, 6.45) is 1.76. The topological polar surface area (TPSA) is 81.9 Å². The van der Waals surface area contributed by atoms with Gasteiger partial charge in [-0.25, -0.2) is 0 Å². The van der Waals surface area contributed by atoms with E-state index in [9.17, 15) is 4.79 Å². The number of anilines is 1. The Kier molecular flexibility index (Phi) is 4.33. The first-order valence-electron chi connectivity index (χ1n) is 7.02. The predicted octanol–water partition coefficient (Wildman–Crippen LogP) is 2.68. The molecule has 0 spiro atoms. The normalized spacial score (nSPS) is 10.5. The fourth-order valence-corrected chi connectivity index (χ4v) is 2.69. The molecule has 2 heterocycles. The van der Waals surface area contributed by atoms with Gasteiger partial charge in [-0.3, -0.25) is 14.8 Å². The first-order valence-corrected chi connectivity index (χ1v) is 7.84. The van der Waals surface area contributed by atoms with Crippen LogP contribution in [0.25, 0.3) is 10.6 Å². The number of aryl methyl sites for hydroxylation is 1. The Morgan fingerprint density at radius 3 is 2.70 bits per heavy atom. The fraction of sp³-hybridized carbons (Fsp3) is 0.200. The van der Waals surface area contributed by atoms with Gasteiger partial charge in [0.2, 0.25) is 5.13 Å². The van der Waals surface area contributed by atoms with Crippen molar-refractivity contribution < 1.29 is 9.53 Å². The minimum absolute atomic E-state index is 0.297. The average molecular weight is 329 g/mol. The molecule has 1 aromatic carbocycles. The van der Waals surface area contributed by atoms with Crippen molar-refractivity contribution in [2.75, 3.05) is 12.4 Å². The second-order valence-corrected chi connectivity index (χ2v) is 5.63. The van der Waals surface area contributed by atoms with Gasteiger partial charge < -0.3 is 4.74 Å². The number of methoxy groups -OCH3 is 1. The lowest BCUT2D eigenvalue weighted by molar-refractivity contribution is 0.102. The first-order chi connectivity index (χ1) is 11.2. The monoisotopic (exact) mass is 329 g/mol. The van der Waals surface area contributed by atoms with Crippen LogP contribution >= 0.6 is 11.3 Å². The van der Waals surface area contributed by atoms with Crippen LogP contribution in [0.15, 0.2) is 36.5 Å². The molecule has 0 saturated heterocycles. The highest BCUT2D eigenvalue weighted by Crippen LogP contribution is 2.27. The Morgan fingerprint density at radius 1 is 1.26 bits per heavy atom. The first kappa shape index (κ1) is 15.2. The standard InChI is InChI=1S/C15H15N5O2S/c1-3-20-9-8-12(19-20)13(21)16-15-18-17-14(23-15)10-4-6-11(22-2)7-5-10/h4-9H,3H2,1-2H3,(H,16,18,21). The van der Waals surface area contributed by atoms with E-state index in [1.165, 1.54) is 11.3 Å². The highest BCUT2D eigenvalue weighted by atomic mass is 32.1. The van der Waals surface area contributed by atoms with Crippen LogP contribution in [0, 0.1) is 0 Å². The van der Waals surface area contributed by atoms with Gasteiger partial charge in [0.15, 0.2) is 5.69 Å². The van der Waals surface area contributed by atoms with E-state index in [4.69, 9.17) is 4.74 Å². The molecule has 118 valence electrons. The molecule has 0 saturated carbocycles. The Hall–Kier alpha value is -2.74. The van der Waals surface area contributed by atoms with Crippen LogP contribution in [-0.4, -0.2) is 33.0 Å². The van der Waals surface area contributed by atoms with Crippen LogP contribution in [0.3, 0.4) is 0 Å². The second kappa shape index (κ2) is 6.57. The molecule has 7 nitrogen and oxygen atoms in total. The second-order valence-electron chi connectivity index (χ2n) is 4.65. The number of carbonyl (C=O) groups is 1. The van der Waals surface area contributed by atoms with E-state index in [2.05, 4.69) is 20.6 Å². The molecule has 0 aliphatic carbocycles. The number of rotatable bonds is 5. The third kappa shape index (κ3) is 3.37. The molecule has 0 unspecified atom stereocenters. The number of ether oxygens (including phenoxy) is 1. The molecule has 0 radical (unpaired) electrons. The number of hydrogen-bond acceptors (Lipinski definition) is 6. The van der Waals surface area contributed by atoms with Crippen LogP contribution in [0.4, 0.5) is 5.13 Å². The van der Waals surface area contributed by atoms with Crippen molar-refractivity contribution in [2.24, 2.45) is 0 Å². The summed E-state index contributed by atoms with van der Waals surface area (Å²) in [6, 6.07) is 9.17. The molecule has 0 aliphatic heterocycles. The Balaban J connectivity index is 1.72. The van der Waals surface area contributed by atoms with E-state index < -0.39 is 0 Å². The van der Waals surface area contributed by atoms with Gasteiger partial charge in [0.25, 0.3) is 5.91 Å². The summed E-state index contributed by atoms with van der Waals surface area (Å²) < 4.78 is 6.82. The third-order valence-electron chi connectivity index (χ3n) is 3.18. The number of amides is 1. The quantitative estimate of drug-likeness (QED) is 0.778. The number of aromatic nitrogens is 4. The van der Waals surface area contributed by atoms with E-state index in [0.717, 1.165) is 16.3 Å². The number of nitrogens with one attached hydrogen (secondary N) is 1. The van der Waals surface area contributed by atoms with Crippen molar-refractivity contribution >= 4 is 22.4 Å². The molecule has 2 aromatic heterocycles. The van der Waals surface area contributed by atoms with Crippen molar-refractivity contribution in [3.8, 4) is 16.3 Å². The van der Waals surface area contributed by atoms with Crippen LogP contribution in [0.1, 0.15) is 17.4 Å². The van der Waals surface area contributed by atoms with E-state index in [-0.39, 0.29) is 5.91 Å². The van der Waals surface area contributed by atoms with Gasteiger partial charge >= 0.3 is 0 Å². The molecule has 0 bridgehead atoms. The van der Waals surface area contributed by atoms with Gasteiger partial charge in [0.05, 0.1) is 7.11 Å². The van der Waals surface area contributed by atoms with E-state index >= 15 is 0 Å². The summed E-state index contributed by atoms with van der Waals surface area (Å²) in [5, 5.41) is 16.1. The lowest BCUT2D eigenvalue weighted by atomic mass is 10.2. The molecular formula is C15H15N5O2S. The summed E-state index contributed by atoms with van der Waals surface area (Å²) in [6.45, 7) is 2.67. The van der Waals surface area contributed by atoms with Crippen LogP contribution in [0.2, 0.25) is 0 Å². The highest BCUT2D eigenvalue weighted by Gasteiger charge is 2.13. The summed E-state index contributed by atoms with van der Waals surface area (Å²) in [5.41, 5.74) is 1.27. The zero-order valence-corrected chi connectivity index (χ0v) is 13.5. The maximum atomic E-state index is 12.1. The van der Waals surface area contributed by atoms with Gasteiger partial charge in [-0.05, 0) is 37.3 Å². The van der Waals surface area contributed by atoms with Gasteiger partial charge in [0, 0.05) is 18.3 Å². The molecule has 8 heteroatoms. The largest absolute Gasteiger partial charge is 0.497 e. The predicted molar refractivity (Wildman–Crippen MR) is 87.8 cm³/mol. The molecule has 0 atom stereocenters. The van der Waals surface area contributed by atoms with Gasteiger partial charge in [-0.15, -0.1) is 10.2 Å². The number of carbonyl (C=O) groups excluding carboxylic acids is 1. The Labute approximate surface area is 136 Å². The smallest absolute Gasteiger partial charge is 0.277 e. The molecule has 3 aromatic rings. The van der Waals surface area contributed by atoms with Gasteiger partial charge in [0.1, 0.15) is 10.8 Å². The average Bonchev–Trinajstić information content (AvgIpc) is 3.24. The maximum absolute atomic E-state index is 12.1. The van der Waals surface area contributed by atoms with Crippen molar-refractivity contribution in [2.45, 2.75) is 13.5 Å². The molecule has 1 N–H and O–H groups in total. The van der Waals surface area contributed by atoms with Crippen molar-refractivity contribution in [3.63, 3.8) is 0 Å². The molecule has 0 fully saturated rings. The van der Waals surface area contributed by atoms with Crippen LogP contribution in [-0.2, 0) is 6.54 Å². The molecule has 1 amide bonds. The summed E-state index contributed by atoms with van der Waals surface area (Å²) in [4.78, 5) is 12.1. The summed E-state index contributed by atoms with van der Waals surface area (Å²) in [7, 11) is 1.62. The molecule has 3 rings (SSSR count). The molecule has 0 aliphatic rings. The Bertz CT molecular complexity index is 809. The highest BCUT2D eigenvalue weighted by molar-refractivity contribution is 7.18. The number of benzene rings is 1. The van der Waals surface area contributed by atoms with E-state index in [0.29, 0.717) is 17.4 Å². The lowest BCUT2D eigenvalue weighted by Gasteiger charge is -1.99. The maximum Gasteiger partial charge on any atom is 0.277 e. The lowest BCUT2D eigenvalue weighted by Crippen LogP contribution is -2.13. The minimum Gasteiger partial charge on any atom is -0.497 e.